The van der Waals surface area contributed by atoms with E-state index in [2.05, 4.69) is 26.0 Å². The second-order valence-corrected chi connectivity index (χ2v) is 11.1. The van der Waals surface area contributed by atoms with Crippen LogP contribution in [0.2, 0.25) is 0 Å². The minimum Gasteiger partial charge on any atom is -0.360 e. The van der Waals surface area contributed by atoms with Crippen molar-refractivity contribution in [1.82, 2.24) is 30.9 Å². The summed E-state index contributed by atoms with van der Waals surface area (Å²) >= 11 is 2.68. The Kier molecular flexibility index (Phi) is 7.34. The van der Waals surface area contributed by atoms with Crippen molar-refractivity contribution in [3.63, 3.8) is 0 Å². The summed E-state index contributed by atoms with van der Waals surface area (Å²) in [6, 6.07) is 9.53. The summed E-state index contributed by atoms with van der Waals surface area (Å²) < 4.78 is 5.37. The van der Waals surface area contributed by atoms with E-state index >= 15 is 0 Å². The minimum atomic E-state index is -0.483. The van der Waals surface area contributed by atoms with Crippen molar-refractivity contribution in [2.75, 3.05) is 13.1 Å². The van der Waals surface area contributed by atoms with Gasteiger partial charge in [0.05, 0.1) is 15.7 Å². The molecule has 0 atom stereocenters. The molecule has 0 aliphatic carbocycles. The molecule has 196 valence electrons. The van der Waals surface area contributed by atoms with Crippen LogP contribution < -0.4 is 10.9 Å². The fraction of sp³-hybridized carbons (Fsp3) is 0.308. The first-order chi connectivity index (χ1) is 18.3. The Morgan fingerprint density at radius 1 is 1.00 bits per heavy atom. The van der Waals surface area contributed by atoms with E-state index < -0.39 is 11.8 Å². The highest BCUT2D eigenvalue weighted by atomic mass is 32.1. The highest BCUT2D eigenvalue weighted by Gasteiger charge is 2.31. The number of nitrogens with one attached hydrogen (secondary N) is 2. The molecule has 5 rings (SSSR count). The van der Waals surface area contributed by atoms with Crippen molar-refractivity contribution >= 4 is 40.4 Å². The van der Waals surface area contributed by atoms with Gasteiger partial charge in [-0.1, -0.05) is 35.5 Å². The Bertz CT molecular complexity index is 1480. The lowest BCUT2D eigenvalue weighted by atomic mass is 9.96. The van der Waals surface area contributed by atoms with Crippen molar-refractivity contribution in [3.05, 3.63) is 73.3 Å². The number of nitrogens with zero attached hydrogens (tertiary/aromatic N) is 4. The molecule has 10 nitrogen and oxygen atoms in total. The summed E-state index contributed by atoms with van der Waals surface area (Å²) in [5.41, 5.74) is 7.61. The van der Waals surface area contributed by atoms with Gasteiger partial charge in [0, 0.05) is 30.0 Å². The van der Waals surface area contributed by atoms with Gasteiger partial charge < -0.3 is 9.42 Å². The van der Waals surface area contributed by atoms with Gasteiger partial charge in [-0.25, -0.2) is 9.97 Å². The van der Waals surface area contributed by atoms with Gasteiger partial charge in [-0.3, -0.25) is 25.2 Å². The first-order valence-electron chi connectivity index (χ1n) is 12.1. The summed E-state index contributed by atoms with van der Waals surface area (Å²) in [7, 11) is 0. The molecule has 0 bridgehead atoms. The maximum absolute atomic E-state index is 13.4. The van der Waals surface area contributed by atoms with Crippen molar-refractivity contribution in [1.29, 1.82) is 0 Å². The van der Waals surface area contributed by atoms with Crippen LogP contribution in [0.1, 0.15) is 70.7 Å². The maximum atomic E-state index is 13.4. The Labute approximate surface area is 227 Å². The predicted octanol–water partition coefficient (Wildman–Crippen LogP) is 4.27. The van der Waals surface area contributed by atoms with Crippen LogP contribution >= 0.6 is 22.7 Å². The summed E-state index contributed by atoms with van der Waals surface area (Å²) in [6.07, 6.45) is 1.46. The van der Waals surface area contributed by atoms with E-state index in [0.717, 1.165) is 28.4 Å². The van der Waals surface area contributed by atoms with Crippen molar-refractivity contribution < 1.29 is 18.9 Å². The van der Waals surface area contributed by atoms with E-state index in [-0.39, 0.29) is 17.5 Å². The van der Waals surface area contributed by atoms with Crippen LogP contribution in [0.3, 0.4) is 0 Å². The van der Waals surface area contributed by atoms with Gasteiger partial charge in [0.2, 0.25) is 0 Å². The Balaban J connectivity index is 1.18. The van der Waals surface area contributed by atoms with Crippen LogP contribution in [0.5, 0.6) is 0 Å². The topological polar surface area (TPSA) is 130 Å². The quantitative estimate of drug-likeness (QED) is 0.355. The van der Waals surface area contributed by atoms with Gasteiger partial charge in [-0.2, -0.15) is 0 Å². The van der Waals surface area contributed by atoms with Gasteiger partial charge in [0.15, 0.2) is 0 Å². The Morgan fingerprint density at radius 2 is 1.71 bits per heavy atom. The summed E-state index contributed by atoms with van der Waals surface area (Å²) in [4.78, 5) is 49.3. The van der Waals surface area contributed by atoms with Gasteiger partial charge in [0.1, 0.15) is 27.6 Å². The van der Waals surface area contributed by atoms with Crippen LogP contribution in [0.25, 0.3) is 11.3 Å². The third-order valence-electron chi connectivity index (χ3n) is 6.41. The lowest BCUT2D eigenvalue weighted by Gasteiger charge is -2.31. The van der Waals surface area contributed by atoms with Crippen LogP contribution in [0.4, 0.5) is 0 Å². The number of rotatable bonds is 5. The molecule has 3 aromatic heterocycles. The third-order valence-corrected chi connectivity index (χ3v) is 8.49. The lowest BCUT2D eigenvalue weighted by molar-refractivity contribution is 0.0711. The number of hydrogen-bond acceptors (Lipinski definition) is 9. The molecule has 4 aromatic rings. The standard InChI is InChI=1S/C26H26N6O4S2/c1-14-22(38-16(3)27-14)24(34)30-29-23(33)19-13-37-25(28-19)18-9-11-32(12-10-18)26(35)20-15(2)36-31-21(20)17-7-5-4-6-8-17/h4-8,13,18H,9-12H2,1-3H3,(H,29,33)(H,30,34). The van der Waals surface area contributed by atoms with Crippen LogP contribution in [-0.2, 0) is 0 Å². The van der Waals surface area contributed by atoms with E-state index in [1.165, 1.54) is 22.7 Å². The molecule has 38 heavy (non-hydrogen) atoms. The first-order valence-corrected chi connectivity index (χ1v) is 13.8. The van der Waals surface area contributed by atoms with Gasteiger partial charge in [0.25, 0.3) is 17.7 Å². The second-order valence-electron chi connectivity index (χ2n) is 9.02. The summed E-state index contributed by atoms with van der Waals surface area (Å²) in [5.74, 6) is -0.349. The molecule has 0 saturated carbocycles. The van der Waals surface area contributed by atoms with Gasteiger partial charge in [-0.15, -0.1) is 22.7 Å². The fourth-order valence-corrected chi connectivity index (χ4v) is 6.25. The number of piperidine rings is 1. The van der Waals surface area contributed by atoms with Gasteiger partial charge in [-0.05, 0) is 33.6 Å². The molecule has 2 N–H and O–H groups in total. The van der Waals surface area contributed by atoms with E-state index in [1.807, 2.05) is 42.2 Å². The van der Waals surface area contributed by atoms with E-state index in [4.69, 9.17) is 4.52 Å². The lowest BCUT2D eigenvalue weighted by Crippen LogP contribution is -2.41. The average molecular weight is 551 g/mol. The molecule has 1 aliphatic rings. The molecule has 1 aromatic carbocycles. The highest BCUT2D eigenvalue weighted by molar-refractivity contribution is 7.13. The number of aryl methyl sites for hydroxylation is 3. The number of likely N-dealkylation sites (tertiary alicyclic amines) is 1. The number of carbonyl (C=O) groups excluding carboxylic acids is 3. The average Bonchev–Trinajstić information content (AvgIpc) is 3.65. The zero-order valence-electron chi connectivity index (χ0n) is 21.1. The zero-order chi connectivity index (χ0) is 26.8. The number of hydrogen-bond donors (Lipinski definition) is 2. The van der Waals surface area contributed by atoms with E-state index in [1.54, 1.807) is 19.2 Å². The molecule has 4 heterocycles. The summed E-state index contributed by atoms with van der Waals surface area (Å²) in [6.45, 7) is 6.45. The Hall–Kier alpha value is -3.90. The minimum absolute atomic E-state index is 0.0950. The first kappa shape index (κ1) is 25.7. The highest BCUT2D eigenvalue weighted by Crippen LogP contribution is 2.33. The molecule has 1 fully saturated rings. The van der Waals surface area contributed by atoms with Crippen molar-refractivity contribution in [2.24, 2.45) is 0 Å². The van der Waals surface area contributed by atoms with Crippen molar-refractivity contribution in [3.8, 4) is 11.3 Å². The molecule has 12 heteroatoms. The molecule has 1 saturated heterocycles. The van der Waals surface area contributed by atoms with Gasteiger partial charge >= 0.3 is 0 Å². The summed E-state index contributed by atoms with van der Waals surface area (Å²) in [5, 5.41) is 7.44. The molecule has 0 radical (unpaired) electrons. The fourth-order valence-electron chi connectivity index (χ4n) is 4.46. The molecule has 0 spiro atoms. The monoisotopic (exact) mass is 550 g/mol. The number of thiazole rings is 2. The number of benzene rings is 1. The van der Waals surface area contributed by atoms with Crippen LogP contribution in [0, 0.1) is 20.8 Å². The maximum Gasteiger partial charge on any atom is 0.289 e. The van der Waals surface area contributed by atoms with E-state index in [9.17, 15) is 14.4 Å². The van der Waals surface area contributed by atoms with Crippen LogP contribution in [-0.4, -0.2) is 50.8 Å². The third kappa shape index (κ3) is 5.22. The van der Waals surface area contributed by atoms with E-state index in [0.29, 0.717) is 40.7 Å². The molecule has 1 aliphatic heterocycles. The van der Waals surface area contributed by atoms with Crippen LogP contribution in [0.15, 0.2) is 40.2 Å². The second kappa shape index (κ2) is 10.8. The number of hydrazine groups is 1. The number of amides is 3. The SMILES string of the molecule is Cc1nc(C)c(C(=O)NNC(=O)c2csc(C3CCN(C(=O)c4c(-c5ccccc5)noc4C)CC3)n2)s1. The predicted molar refractivity (Wildman–Crippen MR) is 143 cm³/mol. The largest absolute Gasteiger partial charge is 0.360 e. The Morgan fingerprint density at radius 3 is 2.39 bits per heavy atom. The molecular formula is C26H26N6O4S2. The zero-order valence-corrected chi connectivity index (χ0v) is 22.7. The number of carbonyl (C=O) groups is 3. The smallest absolute Gasteiger partial charge is 0.289 e. The molecular weight excluding hydrogens is 524 g/mol. The number of aromatic nitrogens is 3. The molecule has 3 amide bonds. The molecule has 0 unspecified atom stereocenters. The van der Waals surface area contributed by atoms with Crippen molar-refractivity contribution in [2.45, 2.75) is 39.5 Å². The normalized spacial score (nSPS) is 13.9.